The van der Waals surface area contributed by atoms with Crippen LogP contribution < -0.4 is 10.1 Å². The molecule has 92 valence electrons. The Morgan fingerprint density at radius 2 is 2.12 bits per heavy atom. The molecule has 0 saturated carbocycles. The van der Waals surface area contributed by atoms with E-state index in [2.05, 4.69) is 10.1 Å². The van der Waals surface area contributed by atoms with Gasteiger partial charge in [0.2, 0.25) is 0 Å². The minimum absolute atomic E-state index is 0.363. The van der Waals surface area contributed by atoms with Crippen molar-refractivity contribution in [1.29, 1.82) is 0 Å². The molecule has 0 aromatic heterocycles. The van der Waals surface area contributed by atoms with Gasteiger partial charge in [-0.05, 0) is 18.6 Å². The smallest absolute Gasteiger partial charge is 0.331 e. The van der Waals surface area contributed by atoms with Gasteiger partial charge in [0.25, 0.3) is 0 Å². The topological polar surface area (TPSA) is 47.6 Å². The van der Waals surface area contributed by atoms with Crippen molar-refractivity contribution in [3.63, 3.8) is 0 Å². The summed E-state index contributed by atoms with van der Waals surface area (Å²) >= 11 is 0. The van der Waals surface area contributed by atoms with Crippen LogP contribution in [0.15, 0.2) is 42.6 Å². The molecular weight excluding hydrogens is 218 g/mol. The van der Waals surface area contributed by atoms with Crippen LogP contribution in [0.5, 0.6) is 5.75 Å². The van der Waals surface area contributed by atoms with Crippen molar-refractivity contribution in [3.8, 4) is 5.75 Å². The molecule has 1 aromatic carbocycles. The molecule has 0 fully saturated rings. The molecule has 0 saturated heterocycles. The Labute approximate surface area is 101 Å². The monoisotopic (exact) mass is 235 g/mol. The van der Waals surface area contributed by atoms with E-state index in [9.17, 15) is 4.79 Å². The third-order valence-electron chi connectivity index (χ3n) is 2.02. The first-order valence-corrected chi connectivity index (χ1v) is 5.48. The van der Waals surface area contributed by atoms with Crippen LogP contribution in [0.1, 0.15) is 6.42 Å². The Morgan fingerprint density at radius 1 is 1.35 bits per heavy atom. The fourth-order valence-corrected chi connectivity index (χ4v) is 1.16. The van der Waals surface area contributed by atoms with Crippen LogP contribution in [0.3, 0.4) is 0 Å². The summed E-state index contributed by atoms with van der Waals surface area (Å²) in [6, 6.07) is 9.67. The van der Waals surface area contributed by atoms with Gasteiger partial charge in [0.05, 0.1) is 13.7 Å². The maximum absolute atomic E-state index is 10.7. The van der Waals surface area contributed by atoms with E-state index in [1.807, 2.05) is 30.3 Å². The van der Waals surface area contributed by atoms with Gasteiger partial charge in [0, 0.05) is 18.8 Å². The minimum Gasteiger partial charge on any atom is -0.494 e. The second-order valence-corrected chi connectivity index (χ2v) is 3.33. The lowest BCUT2D eigenvalue weighted by Gasteiger charge is -2.05. The average molecular weight is 235 g/mol. The molecule has 4 nitrogen and oxygen atoms in total. The molecule has 4 heteroatoms. The van der Waals surface area contributed by atoms with Gasteiger partial charge in [-0.15, -0.1) is 0 Å². The molecule has 0 spiro atoms. The number of rotatable bonds is 7. The molecule has 17 heavy (non-hydrogen) atoms. The third kappa shape index (κ3) is 6.25. The summed E-state index contributed by atoms with van der Waals surface area (Å²) in [5.74, 6) is 0.510. The Kier molecular flexibility index (Phi) is 6.33. The van der Waals surface area contributed by atoms with E-state index in [0.717, 1.165) is 18.7 Å². The molecule has 0 atom stereocenters. The SMILES string of the molecule is COC(=O)/C=C/NCCCOc1ccccc1. The molecule has 1 N–H and O–H groups in total. The standard InChI is InChI=1S/C13H17NO3/c1-16-13(15)8-10-14-9-5-11-17-12-6-3-2-4-7-12/h2-4,6-8,10,14H,5,9,11H2,1H3/b10-8+. The Hall–Kier alpha value is -1.97. The second-order valence-electron chi connectivity index (χ2n) is 3.33. The largest absolute Gasteiger partial charge is 0.494 e. The molecule has 0 aliphatic heterocycles. The molecule has 0 aliphatic rings. The number of carbonyl (C=O) groups excluding carboxylic acids is 1. The van der Waals surface area contributed by atoms with Crippen molar-refractivity contribution in [3.05, 3.63) is 42.6 Å². The molecule has 1 aromatic rings. The highest BCUT2D eigenvalue weighted by atomic mass is 16.5. The van der Waals surface area contributed by atoms with E-state index >= 15 is 0 Å². The minimum atomic E-state index is -0.363. The van der Waals surface area contributed by atoms with Gasteiger partial charge in [-0.25, -0.2) is 4.79 Å². The fraction of sp³-hybridized carbons (Fsp3) is 0.308. The summed E-state index contributed by atoms with van der Waals surface area (Å²) in [6.45, 7) is 1.39. The fourth-order valence-electron chi connectivity index (χ4n) is 1.16. The molecule has 0 aliphatic carbocycles. The molecular formula is C13H17NO3. The van der Waals surface area contributed by atoms with Gasteiger partial charge in [-0.1, -0.05) is 18.2 Å². The zero-order valence-corrected chi connectivity index (χ0v) is 9.89. The van der Waals surface area contributed by atoms with Crippen molar-refractivity contribution >= 4 is 5.97 Å². The summed E-state index contributed by atoms with van der Waals surface area (Å²) in [6.07, 6.45) is 3.78. The van der Waals surface area contributed by atoms with Crippen LogP contribution in [0, 0.1) is 0 Å². The van der Waals surface area contributed by atoms with Crippen LogP contribution in [-0.4, -0.2) is 26.2 Å². The van der Waals surface area contributed by atoms with Crippen molar-refractivity contribution in [2.45, 2.75) is 6.42 Å². The first-order valence-electron chi connectivity index (χ1n) is 5.48. The third-order valence-corrected chi connectivity index (χ3v) is 2.02. The van der Waals surface area contributed by atoms with E-state index in [0.29, 0.717) is 6.61 Å². The lowest BCUT2D eigenvalue weighted by molar-refractivity contribution is -0.134. The predicted molar refractivity (Wildman–Crippen MR) is 65.7 cm³/mol. The molecule has 0 bridgehead atoms. The number of hydrogen-bond donors (Lipinski definition) is 1. The highest BCUT2D eigenvalue weighted by Gasteiger charge is 1.91. The molecule has 0 unspecified atom stereocenters. The Bertz CT molecular complexity index is 349. The zero-order chi connectivity index (χ0) is 12.3. The summed E-state index contributed by atoms with van der Waals surface area (Å²) in [4.78, 5) is 10.7. The maximum atomic E-state index is 10.7. The number of nitrogens with one attached hydrogen (secondary N) is 1. The Balaban J connectivity index is 2.02. The summed E-state index contributed by atoms with van der Waals surface area (Å²) in [7, 11) is 1.35. The highest BCUT2D eigenvalue weighted by molar-refractivity contribution is 5.81. The molecule has 0 radical (unpaired) electrons. The van der Waals surface area contributed by atoms with Crippen LogP contribution in [0.4, 0.5) is 0 Å². The van der Waals surface area contributed by atoms with Gasteiger partial charge in [0.15, 0.2) is 0 Å². The van der Waals surface area contributed by atoms with Gasteiger partial charge in [-0.3, -0.25) is 0 Å². The van der Waals surface area contributed by atoms with Crippen molar-refractivity contribution < 1.29 is 14.3 Å². The molecule has 0 amide bonds. The van der Waals surface area contributed by atoms with E-state index < -0.39 is 0 Å². The van der Waals surface area contributed by atoms with Gasteiger partial charge in [-0.2, -0.15) is 0 Å². The van der Waals surface area contributed by atoms with Gasteiger partial charge in [0.1, 0.15) is 5.75 Å². The van der Waals surface area contributed by atoms with Crippen molar-refractivity contribution in [2.75, 3.05) is 20.3 Å². The van der Waals surface area contributed by atoms with E-state index in [1.54, 1.807) is 6.20 Å². The Morgan fingerprint density at radius 3 is 2.82 bits per heavy atom. The highest BCUT2D eigenvalue weighted by Crippen LogP contribution is 2.07. The first-order chi connectivity index (χ1) is 8.33. The van der Waals surface area contributed by atoms with Crippen LogP contribution in [0.25, 0.3) is 0 Å². The number of methoxy groups -OCH3 is 1. The predicted octanol–water partition coefficient (Wildman–Crippen LogP) is 1.73. The summed E-state index contributed by atoms with van der Waals surface area (Å²) < 4.78 is 9.94. The quantitative estimate of drug-likeness (QED) is 0.444. The number of esters is 1. The normalized spacial score (nSPS) is 10.2. The number of carbonyl (C=O) groups is 1. The van der Waals surface area contributed by atoms with E-state index in [-0.39, 0.29) is 5.97 Å². The first kappa shape index (κ1) is 13.1. The maximum Gasteiger partial charge on any atom is 0.331 e. The molecule has 0 heterocycles. The molecule has 1 rings (SSSR count). The lowest BCUT2D eigenvalue weighted by atomic mass is 10.3. The summed E-state index contributed by atoms with van der Waals surface area (Å²) in [5, 5.41) is 2.98. The van der Waals surface area contributed by atoms with Crippen LogP contribution >= 0.6 is 0 Å². The van der Waals surface area contributed by atoms with Gasteiger partial charge < -0.3 is 14.8 Å². The average Bonchev–Trinajstić information content (AvgIpc) is 2.38. The van der Waals surface area contributed by atoms with Crippen LogP contribution in [-0.2, 0) is 9.53 Å². The van der Waals surface area contributed by atoms with Crippen molar-refractivity contribution in [1.82, 2.24) is 5.32 Å². The number of para-hydroxylation sites is 1. The zero-order valence-electron chi connectivity index (χ0n) is 9.89. The number of benzene rings is 1. The van der Waals surface area contributed by atoms with Gasteiger partial charge >= 0.3 is 5.97 Å². The van der Waals surface area contributed by atoms with Crippen LogP contribution in [0.2, 0.25) is 0 Å². The number of hydrogen-bond acceptors (Lipinski definition) is 4. The van der Waals surface area contributed by atoms with Crippen molar-refractivity contribution in [2.24, 2.45) is 0 Å². The van der Waals surface area contributed by atoms with E-state index in [4.69, 9.17) is 4.74 Å². The second kappa shape index (κ2) is 8.21. The van der Waals surface area contributed by atoms with E-state index in [1.165, 1.54) is 13.2 Å². The number of ether oxygens (including phenoxy) is 2. The lowest BCUT2D eigenvalue weighted by Crippen LogP contribution is -2.11. The summed E-state index contributed by atoms with van der Waals surface area (Å²) in [5.41, 5.74) is 0.